The molecular weight excluding hydrogens is 408 g/mol. The number of carboxylic acids is 1. The molecular formula is C25H28N2O5. The lowest BCUT2D eigenvalue weighted by molar-refractivity contribution is -0.144. The number of likely N-dealkylation sites (N-methyl/N-ethyl adjacent to an activating group) is 1. The number of fused-ring (bicyclic) bond motifs is 3. The number of hydrogen-bond acceptors (Lipinski definition) is 4. The Balaban J connectivity index is 1.42. The van der Waals surface area contributed by atoms with Gasteiger partial charge < -0.3 is 20.1 Å². The maximum Gasteiger partial charge on any atom is 0.407 e. The Bertz CT molecular complexity index is 983. The van der Waals surface area contributed by atoms with Gasteiger partial charge in [0, 0.05) is 13.0 Å². The summed E-state index contributed by atoms with van der Waals surface area (Å²) >= 11 is 0. The standard InChI is InChI=1S/C25H28N2O5/c1-27(15-23(29)30)22(28)14-25(12-6-7-13-25)26-24(31)32-16-21-19-10-4-2-8-17(19)18-9-3-5-11-20(18)21/h2-5,8-11,21H,6-7,12-16H2,1H3,(H,26,31)(H,29,30). The number of nitrogens with one attached hydrogen (secondary N) is 1. The summed E-state index contributed by atoms with van der Waals surface area (Å²) in [5, 5.41) is 11.9. The van der Waals surface area contributed by atoms with Gasteiger partial charge in [0.2, 0.25) is 5.91 Å². The molecule has 2 aromatic carbocycles. The third-order valence-electron chi connectivity index (χ3n) is 6.56. The van der Waals surface area contributed by atoms with E-state index in [1.807, 2.05) is 24.3 Å². The Kier molecular flexibility index (Phi) is 6.17. The molecule has 0 heterocycles. The van der Waals surface area contributed by atoms with Gasteiger partial charge in [-0.3, -0.25) is 9.59 Å². The topological polar surface area (TPSA) is 95.9 Å². The molecule has 1 fully saturated rings. The molecule has 168 valence electrons. The van der Waals surface area contributed by atoms with Crippen molar-refractivity contribution in [2.24, 2.45) is 0 Å². The summed E-state index contributed by atoms with van der Waals surface area (Å²) in [6.07, 6.45) is 2.68. The Hall–Kier alpha value is -3.35. The Labute approximate surface area is 187 Å². The Morgan fingerprint density at radius 1 is 1.03 bits per heavy atom. The minimum atomic E-state index is -1.06. The fourth-order valence-electron chi connectivity index (χ4n) is 4.96. The van der Waals surface area contributed by atoms with E-state index in [1.165, 1.54) is 11.9 Å². The Morgan fingerprint density at radius 3 is 2.16 bits per heavy atom. The highest BCUT2D eigenvalue weighted by atomic mass is 16.5. The molecule has 2 amide bonds. The SMILES string of the molecule is CN(CC(=O)O)C(=O)CC1(NC(=O)OCC2c3ccccc3-c3ccccc32)CCCC1. The number of ether oxygens (including phenoxy) is 1. The highest BCUT2D eigenvalue weighted by Crippen LogP contribution is 2.44. The van der Waals surface area contributed by atoms with Crippen molar-refractivity contribution in [3.8, 4) is 11.1 Å². The predicted octanol–water partition coefficient (Wildman–Crippen LogP) is 3.77. The summed E-state index contributed by atoms with van der Waals surface area (Å²) in [6, 6.07) is 16.3. The molecule has 7 nitrogen and oxygen atoms in total. The molecule has 2 N–H and O–H groups in total. The lowest BCUT2D eigenvalue weighted by Gasteiger charge is -2.31. The van der Waals surface area contributed by atoms with Crippen LogP contribution in [0.5, 0.6) is 0 Å². The smallest absolute Gasteiger partial charge is 0.407 e. The zero-order valence-electron chi connectivity index (χ0n) is 18.2. The summed E-state index contributed by atoms with van der Waals surface area (Å²) < 4.78 is 5.66. The van der Waals surface area contributed by atoms with Gasteiger partial charge in [-0.25, -0.2) is 4.79 Å². The molecule has 32 heavy (non-hydrogen) atoms. The molecule has 2 aliphatic carbocycles. The van der Waals surface area contributed by atoms with Crippen LogP contribution in [-0.4, -0.2) is 53.7 Å². The molecule has 1 saturated carbocycles. The number of nitrogens with zero attached hydrogens (tertiary/aromatic N) is 1. The minimum absolute atomic E-state index is 0.0315. The number of amides is 2. The second-order valence-corrected chi connectivity index (χ2v) is 8.76. The van der Waals surface area contributed by atoms with Crippen molar-refractivity contribution < 1.29 is 24.2 Å². The fraction of sp³-hybridized carbons (Fsp3) is 0.400. The second-order valence-electron chi connectivity index (χ2n) is 8.76. The largest absolute Gasteiger partial charge is 0.480 e. The van der Waals surface area contributed by atoms with Gasteiger partial charge in [0.05, 0.1) is 12.0 Å². The molecule has 0 saturated heterocycles. The summed E-state index contributed by atoms with van der Waals surface area (Å²) in [7, 11) is 1.46. The van der Waals surface area contributed by atoms with E-state index in [4.69, 9.17) is 9.84 Å². The van der Waals surface area contributed by atoms with Crippen molar-refractivity contribution in [3.05, 3.63) is 59.7 Å². The zero-order chi connectivity index (χ0) is 22.7. The maximum absolute atomic E-state index is 12.8. The lowest BCUT2D eigenvalue weighted by atomic mass is 9.92. The van der Waals surface area contributed by atoms with Crippen LogP contribution in [0.4, 0.5) is 4.79 Å². The van der Waals surface area contributed by atoms with Gasteiger partial charge >= 0.3 is 12.1 Å². The minimum Gasteiger partial charge on any atom is -0.480 e. The van der Waals surface area contributed by atoms with Crippen molar-refractivity contribution in [2.45, 2.75) is 43.6 Å². The second kappa shape index (κ2) is 9.02. The van der Waals surface area contributed by atoms with E-state index in [1.54, 1.807) is 0 Å². The van der Waals surface area contributed by atoms with E-state index in [0.29, 0.717) is 12.8 Å². The van der Waals surface area contributed by atoms with E-state index in [2.05, 4.69) is 29.6 Å². The van der Waals surface area contributed by atoms with Gasteiger partial charge in [0.25, 0.3) is 0 Å². The third kappa shape index (κ3) is 4.47. The van der Waals surface area contributed by atoms with Crippen LogP contribution in [-0.2, 0) is 14.3 Å². The van der Waals surface area contributed by atoms with Crippen LogP contribution in [0.2, 0.25) is 0 Å². The van der Waals surface area contributed by atoms with Gasteiger partial charge in [-0.2, -0.15) is 0 Å². The molecule has 2 aromatic rings. The van der Waals surface area contributed by atoms with E-state index >= 15 is 0 Å². The van der Waals surface area contributed by atoms with Crippen LogP contribution >= 0.6 is 0 Å². The quantitative estimate of drug-likeness (QED) is 0.689. The molecule has 0 aromatic heterocycles. The van der Waals surface area contributed by atoms with Crippen LogP contribution in [0, 0.1) is 0 Å². The molecule has 0 radical (unpaired) electrons. The van der Waals surface area contributed by atoms with Crippen molar-refractivity contribution in [3.63, 3.8) is 0 Å². The van der Waals surface area contributed by atoms with Gasteiger partial charge in [0.15, 0.2) is 0 Å². The van der Waals surface area contributed by atoms with E-state index in [0.717, 1.165) is 35.1 Å². The van der Waals surface area contributed by atoms with Gasteiger partial charge in [-0.1, -0.05) is 61.4 Å². The number of carbonyl (C=O) groups is 3. The lowest BCUT2D eigenvalue weighted by Crippen LogP contribution is -2.50. The number of alkyl carbamates (subject to hydrolysis) is 1. The Morgan fingerprint density at radius 2 is 1.59 bits per heavy atom. The molecule has 2 aliphatic rings. The monoisotopic (exact) mass is 436 g/mol. The zero-order valence-corrected chi connectivity index (χ0v) is 18.2. The molecule has 0 bridgehead atoms. The average Bonchev–Trinajstić information content (AvgIpc) is 3.34. The molecule has 0 spiro atoms. The van der Waals surface area contributed by atoms with E-state index < -0.39 is 17.6 Å². The molecule has 0 unspecified atom stereocenters. The summed E-state index contributed by atoms with van der Waals surface area (Å²) in [5.41, 5.74) is 3.92. The summed E-state index contributed by atoms with van der Waals surface area (Å²) in [4.78, 5) is 37.4. The van der Waals surface area contributed by atoms with Crippen LogP contribution in [0.15, 0.2) is 48.5 Å². The highest BCUT2D eigenvalue weighted by molar-refractivity contribution is 5.83. The van der Waals surface area contributed by atoms with Crippen LogP contribution in [0.3, 0.4) is 0 Å². The van der Waals surface area contributed by atoms with Gasteiger partial charge in [-0.05, 0) is 35.1 Å². The van der Waals surface area contributed by atoms with Crippen molar-refractivity contribution in [1.29, 1.82) is 0 Å². The van der Waals surface area contributed by atoms with Crippen molar-refractivity contribution >= 4 is 18.0 Å². The first-order valence-corrected chi connectivity index (χ1v) is 11.0. The highest BCUT2D eigenvalue weighted by Gasteiger charge is 2.39. The predicted molar refractivity (Wildman–Crippen MR) is 119 cm³/mol. The van der Waals surface area contributed by atoms with Crippen molar-refractivity contribution in [2.75, 3.05) is 20.2 Å². The number of carbonyl (C=O) groups excluding carboxylic acids is 2. The first-order valence-electron chi connectivity index (χ1n) is 11.0. The molecule has 4 rings (SSSR count). The number of benzene rings is 2. The maximum atomic E-state index is 12.8. The molecule has 0 atom stereocenters. The normalized spacial score (nSPS) is 16.2. The fourth-order valence-corrected chi connectivity index (χ4v) is 4.96. The third-order valence-corrected chi connectivity index (χ3v) is 6.56. The summed E-state index contributed by atoms with van der Waals surface area (Å²) in [5.74, 6) is -1.39. The van der Waals surface area contributed by atoms with E-state index in [-0.39, 0.29) is 31.4 Å². The van der Waals surface area contributed by atoms with Crippen LogP contribution in [0.1, 0.15) is 49.1 Å². The van der Waals surface area contributed by atoms with Gasteiger partial charge in [-0.15, -0.1) is 0 Å². The van der Waals surface area contributed by atoms with Crippen molar-refractivity contribution in [1.82, 2.24) is 10.2 Å². The number of aliphatic carboxylic acids is 1. The van der Waals surface area contributed by atoms with Crippen LogP contribution < -0.4 is 5.32 Å². The summed E-state index contributed by atoms with van der Waals surface area (Å²) in [6.45, 7) is -0.150. The number of hydrogen-bond donors (Lipinski definition) is 2. The number of rotatable bonds is 7. The van der Waals surface area contributed by atoms with Crippen LogP contribution in [0.25, 0.3) is 11.1 Å². The first kappa shape index (κ1) is 21.9. The molecule has 7 heteroatoms. The van der Waals surface area contributed by atoms with Gasteiger partial charge in [0.1, 0.15) is 13.2 Å². The number of carboxylic acid groups (broad SMARTS) is 1. The van der Waals surface area contributed by atoms with E-state index in [9.17, 15) is 14.4 Å². The first-order chi connectivity index (χ1) is 15.4. The molecule has 0 aliphatic heterocycles. The average molecular weight is 437 g/mol.